The third-order valence-corrected chi connectivity index (χ3v) is 5.86. The number of carbonyl (C=O) groups excluding carboxylic acids is 1. The van der Waals surface area contributed by atoms with E-state index in [1.165, 1.54) is 16.8 Å². The largest absolute Gasteiger partial charge is 0.362 e. The maximum atomic E-state index is 12.7. The van der Waals surface area contributed by atoms with Crippen LogP contribution in [0, 0.1) is 0 Å². The lowest BCUT2D eigenvalue weighted by Gasteiger charge is -2.43. The fourth-order valence-electron chi connectivity index (χ4n) is 4.46. The van der Waals surface area contributed by atoms with Crippen molar-refractivity contribution in [1.29, 1.82) is 0 Å². The second-order valence-electron chi connectivity index (χ2n) is 8.64. The number of anilines is 1. The first-order chi connectivity index (χ1) is 14.9. The smallest absolute Gasteiger partial charge is 0.271 e. The van der Waals surface area contributed by atoms with Gasteiger partial charge in [0.2, 0.25) is 0 Å². The Morgan fingerprint density at radius 3 is 2.68 bits per heavy atom. The summed E-state index contributed by atoms with van der Waals surface area (Å²) in [5, 5.41) is 6.18. The van der Waals surface area contributed by atoms with Crippen LogP contribution in [0.1, 0.15) is 55.6 Å². The Labute approximate surface area is 184 Å². The molecule has 4 nitrogen and oxygen atoms in total. The number of nitrogens with zero attached hydrogens (tertiary/aromatic N) is 2. The minimum absolute atomic E-state index is 0.00483. The minimum Gasteiger partial charge on any atom is -0.362 e. The van der Waals surface area contributed by atoms with Crippen LogP contribution in [0.2, 0.25) is 0 Å². The molecule has 1 aliphatic rings. The lowest BCUT2D eigenvalue weighted by atomic mass is 9.88. The monoisotopic (exact) mass is 411 g/mol. The zero-order valence-electron chi connectivity index (χ0n) is 18.6. The van der Waals surface area contributed by atoms with Crippen LogP contribution in [-0.4, -0.2) is 24.2 Å². The molecule has 1 aliphatic heterocycles. The summed E-state index contributed by atoms with van der Waals surface area (Å²) in [5.41, 5.74) is 7.99. The highest BCUT2D eigenvalue weighted by atomic mass is 16.2. The van der Waals surface area contributed by atoms with Crippen LogP contribution in [0.15, 0.2) is 71.8 Å². The molecule has 0 radical (unpaired) electrons. The molecule has 4 rings (SSSR count). The molecular weight excluding hydrogens is 382 g/mol. The molecule has 0 spiro atoms. The van der Waals surface area contributed by atoms with E-state index in [-0.39, 0.29) is 11.4 Å². The van der Waals surface area contributed by atoms with Gasteiger partial charge in [0.15, 0.2) is 0 Å². The summed E-state index contributed by atoms with van der Waals surface area (Å²) in [6.07, 6.45) is 5.13. The molecule has 3 aromatic carbocycles. The van der Waals surface area contributed by atoms with E-state index >= 15 is 0 Å². The molecule has 1 heterocycles. The van der Waals surface area contributed by atoms with Crippen molar-refractivity contribution in [2.24, 2.45) is 5.10 Å². The van der Waals surface area contributed by atoms with E-state index in [1.54, 1.807) is 6.21 Å². The van der Waals surface area contributed by atoms with E-state index in [0.717, 1.165) is 29.3 Å². The van der Waals surface area contributed by atoms with Crippen molar-refractivity contribution in [3.63, 3.8) is 0 Å². The van der Waals surface area contributed by atoms with Crippen molar-refractivity contribution < 1.29 is 4.79 Å². The summed E-state index contributed by atoms with van der Waals surface area (Å²) in [4.78, 5) is 15.1. The Morgan fingerprint density at radius 2 is 1.87 bits per heavy atom. The van der Waals surface area contributed by atoms with Crippen molar-refractivity contribution >= 4 is 34.2 Å². The fraction of sp³-hybridized carbons (Fsp3) is 0.259. The quantitative estimate of drug-likeness (QED) is 0.412. The van der Waals surface area contributed by atoms with Crippen LogP contribution in [0.3, 0.4) is 0 Å². The van der Waals surface area contributed by atoms with Gasteiger partial charge in [-0.25, -0.2) is 5.43 Å². The summed E-state index contributed by atoms with van der Waals surface area (Å²) >= 11 is 0. The summed E-state index contributed by atoms with van der Waals surface area (Å²) < 4.78 is 0. The molecular formula is C27H29N3O. The number of carbonyl (C=O) groups is 1. The summed E-state index contributed by atoms with van der Waals surface area (Å²) in [5.74, 6) is -0.210. The van der Waals surface area contributed by atoms with E-state index < -0.39 is 0 Å². The highest BCUT2D eigenvalue weighted by Gasteiger charge is 2.30. The molecule has 3 aromatic rings. The molecule has 0 saturated heterocycles. The Morgan fingerprint density at radius 1 is 1.10 bits per heavy atom. The van der Waals surface area contributed by atoms with Crippen LogP contribution in [0.25, 0.3) is 16.3 Å². The predicted molar refractivity (Wildman–Crippen MR) is 131 cm³/mol. The lowest BCUT2D eigenvalue weighted by Crippen LogP contribution is -2.45. The standard InChI is InChI=1S/C27H29N3O/c1-5-15-30-25-14-13-20(16-24(25)19(2)17-27(30,3)4)18-28-29-26(31)23-12-8-10-21-9-6-7-11-22(21)23/h6-14,16-18H,5,15H2,1-4H3,(H,29,31)/b28-18-. The Hall–Kier alpha value is -3.40. The maximum absolute atomic E-state index is 12.7. The predicted octanol–water partition coefficient (Wildman–Crippen LogP) is 6.02. The molecule has 1 amide bonds. The number of allylic oxidation sites excluding steroid dienone is 1. The maximum Gasteiger partial charge on any atom is 0.271 e. The van der Waals surface area contributed by atoms with Crippen molar-refractivity contribution in [2.45, 2.75) is 39.7 Å². The van der Waals surface area contributed by atoms with Crippen molar-refractivity contribution in [1.82, 2.24) is 5.43 Å². The molecule has 158 valence electrons. The zero-order valence-corrected chi connectivity index (χ0v) is 18.6. The molecule has 0 saturated carbocycles. The molecule has 0 unspecified atom stereocenters. The second kappa shape index (κ2) is 8.38. The first-order valence-electron chi connectivity index (χ1n) is 10.8. The highest BCUT2D eigenvalue weighted by Crippen LogP contribution is 2.39. The highest BCUT2D eigenvalue weighted by molar-refractivity contribution is 6.07. The fourth-order valence-corrected chi connectivity index (χ4v) is 4.46. The molecule has 0 bridgehead atoms. The van der Waals surface area contributed by atoms with Crippen LogP contribution in [0.4, 0.5) is 5.69 Å². The van der Waals surface area contributed by atoms with Crippen molar-refractivity contribution in [3.05, 3.63) is 83.4 Å². The van der Waals surface area contributed by atoms with Gasteiger partial charge in [0.25, 0.3) is 5.91 Å². The van der Waals surface area contributed by atoms with Crippen LogP contribution in [0.5, 0.6) is 0 Å². The van der Waals surface area contributed by atoms with Gasteiger partial charge in [-0.3, -0.25) is 4.79 Å². The average Bonchev–Trinajstić information content (AvgIpc) is 2.76. The van der Waals surface area contributed by atoms with E-state index in [4.69, 9.17) is 0 Å². The third kappa shape index (κ3) is 4.11. The molecule has 0 aromatic heterocycles. The van der Waals surface area contributed by atoms with Gasteiger partial charge in [0.05, 0.1) is 11.8 Å². The van der Waals surface area contributed by atoms with Crippen LogP contribution >= 0.6 is 0 Å². The topological polar surface area (TPSA) is 44.7 Å². The number of rotatable bonds is 5. The average molecular weight is 412 g/mol. The van der Waals surface area contributed by atoms with Gasteiger partial charge in [0.1, 0.15) is 0 Å². The summed E-state index contributed by atoms with van der Waals surface area (Å²) in [6.45, 7) is 9.90. The number of fused-ring (bicyclic) bond motifs is 2. The molecule has 0 atom stereocenters. The Balaban J connectivity index is 1.55. The van der Waals surface area contributed by atoms with Gasteiger partial charge >= 0.3 is 0 Å². The number of amides is 1. The van der Waals surface area contributed by atoms with E-state index in [9.17, 15) is 4.79 Å². The Kier molecular flexibility index (Phi) is 5.64. The number of hydrogen-bond donors (Lipinski definition) is 1. The third-order valence-electron chi connectivity index (χ3n) is 5.86. The number of hydrogen-bond acceptors (Lipinski definition) is 3. The first kappa shape index (κ1) is 20.9. The van der Waals surface area contributed by atoms with Crippen molar-refractivity contribution in [2.75, 3.05) is 11.4 Å². The Bertz CT molecular complexity index is 1180. The lowest BCUT2D eigenvalue weighted by molar-refractivity contribution is 0.0957. The molecule has 0 aliphatic carbocycles. The molecule has 0 fully saturated rings. The number of nitrogens with one attached hydrogen (secondary N) is 1. The van der Waals surface area contributed by atoms with E-state index in [0.29, 0.717) is 5.56 Å². The second-order valence-corrected chi connectivity index (χ2v) is 8.64. The van der Waals surface area contributed by atoms with Gasteiger partial charge in [-0.15, -0.1) is 0 Å². The van der Waals surface area contributed by atoms with Crippen molar-refractivity contribution in [3.8, 4) is 0 Å². The van der Waals surface area contributed by atoms with Gasteiger partial charge in [0, 0.05) is 23.4 Å². The zero-order chi connectivity index (χ0) is 22.0. The minimum atomic E-state index is -0.210. The summed E-state index contributed by atoms with van der Waals surface area (Å²) in [7, 11) is 0. The molecule has 4 heteroatoms. The van der Waals surface area contributed by atoms with Gasteiger partial charge in [-0.1, -0.05) is 55.5 Å². The van der Waals surface area contributed by atoms with Crippen LogP contribution in [-0.2, 0) is 0 Å². The normalized spacial score (nSPS) is 15.1. The van der Waals surface area contributed by atoms with Gasteiger partial charge in [-0.05, 0) is 67.3 Å². The summed E-state index contributed by atoms with van der Waals surface area (Å²) in [6, 6.07) is 20.0. The first-order valence-corrected chi connectivity index (χ1v) is 10.8. The van der Waals surface area contributed by atoms with Crippen LogP contribution < -0.4 is 10.3 Å². The number of benzene rings is 3. The molecule has 31 heavy (non-hydrogen) atoms. The number of hydrazone groups is 1. The van der Waals surface area contributed by atoms with Gasteiger partial charge in [-0.2, -0.15) is 5.10 Å². The van der Waals surface area contributed by atoms with E-state index in [1.807, 2.05) is 42.5 Å². The van der Waals surface area contributed by atoms with Gasteiger partial charge < -0.3 is 4.90 Å². The molecule has 1 N–H and O–H groups in total. The van der Waals surface area contributed by atoms with E-state index in [2.05, 4.69) is 67.4 Å². The SMILES string of the molecule is CCCN1c2ccc(/C=N\NC(=O)c3cccc4ccccc34)cc2C(C)=CC1(C)C.